The fraction of sp³-hybridized carbons (Fsp3) is 0.887. The summed E-state index contributed by atoms with van der Waals surface area (Å²) < 4.78 is 13.8. The molecule has 60 heavy (non-hydrogen) atoms. The van der Waals surface area contributed by atoms with Crippen molar-refractivity contribution in [2.45, 2.75) is 277 Å². The highest BCUT2D eigenvalue weighted by molar-refractivity contribution is 7.99. The first-order valence-electron chi connectivity index (χ1n) is 25.9. The molecule has 0 aliphatic carbocycles. The molecule has 4 nitrogen and oxygen atoms in total. The Morgan fingerprint density at radius 2 is 0.733 bits per heavy atom. The minimum Gasteiger partial charge on any atom is -0.507 e. The van der Waals surface area contributed by atoms with E-state index >= 15 is 0 Å². The van der Waals surface area contributed by atoms with Gasteiger partial charge in [0.05, 0.1) is 5.16 Å². The second-order valence-electron chi connectivity index (χ2n) is 19.7. The number of rotatable bonds is 42. The van der Waals surface area contributed by atoms with Crippen LogP contribution in [0.2, 0.25) is 0 Å². The molecule has 0 aliphatic heterocycles. The van der Waals surface area contributed by atoms with Crippen LogP contribution in [0, 0.1) is 13.8 Å². The van der Waals surface area contributed by atoms with E-state index in [-0.39, 0.29) is 11.2 Å². The van der Waals surface area contributed by atoms with Gasteiger partial charge in [-0.1, -0.05) is 233 Å². The molecule has 0 saturated carbocycles. The maximum absolute atomic E-state index is 13.8. The van der Waals surface area contributed by atoms with Crippen molar-refractivity contribution >= 4 is 31.1 Å². The van der Waals surface area contributed by atoms with Gasteiger partial charge >= 0.3 is 7.60 Å². The van der Waals surface area contributed by atoms with Crippen molar-refractivity contribution in [3.05, 3.63) is 28.3 Å². The van der Waals surface area contributed by atoms with Gasteiger partial charge in [-0.25, -0.2) is 0 Å². The van der Waals surface area contributed by atoms with E-state index in [0.29, 0.717) is 12.8 Å². The van der Waals surface area contributed by atoms with Crippen molar-refractivity contribution in [2.24, 2.45) is 0 Å². The molecule has 0 spiro atoms. The average Bonchev–Trinajstić information content (AvgIpc) is 3.20. The van der Waals surface area contributed by atoms with E-state index in [0.717, 1.165) is 45.3 Å². The quantitative estimate of drug-likeness (QED) is 0.0448. The highest BCUT2D eigenvalue weighted by Gasteiger charge is 2.49. The summed E-state index contributed by atoms with van der Waals surface area (Å²) in [5.74, 6) is 3.82. The summed E-state index contributed by atoms with van der Waals surface area (Å²) in [6, 6.07) is 1.96. The number of unbranched alkanes of at least 4 members (excludes halogenated alkanes) is 30. The van der Waals surface area contributed by atoms with Crippen molar-refractivity contribution in [1.29, 1.82) is 0 Å². The van der Waals surface area contributed by atoms with Gasteiger partial charge in [0, 0.05) is 0 Å². The fourth-order valence-corrected chi connectivity index (χ4v) is 12.9. The fourth-order valence-electron chi connectivity index (χ4n) is 8.99. The van der Waals surface area contributed by atoms with Crippen molar-refractivity contribution in [3.63, 3.8) is 0 Å². The molecular formula is C53H101O4PS2. The summed E-state index contributed by atoms with van der Waals surface area (Å²) >= 11 is 3.73. The monoisotopic (exact) mass is 897 g/mol. The molecule has 0 saturated heterocycles. The van der Waals surface area contributed by atoms with Gasteiger partial charge in [0.1, 0.15) is 5.75 Å². The molecule has 0 aliphatic rings. The Labute approximate surface area is 383 Å². The van der Waals surface area contributed by atoms with E-state index in [9.17, 15) is 19.5 Å². The topological polar surface area (TPSA) is 77.8 Å². The van der Waals surface area contributed by atoms with E-state index in [4.69, 9.17) is 0 Å². The standard InChI is InChI=1S/C53H101O4PS2/c1-8-10-12-14-16-18-20-22-24-26-28-30-32-34-36-38-42-59-44-40-53(58(55,56)57,49-46-50(52(5,6)7)51(54)48(4)47(49)3)41-45-60-43-39-37-35-33-31-29-27-25-23-21-19-17-15-13-11-9-2/h46,54H,8-45H2,1-7H3,(H2,55,56,57). The van der Waals surface area contributed by atoms with Crippen LogP contribution >= 0.6 is 31.1 Å². The van der Waals surface area contributed by atoms with Crippen LogP contribution in [-0.2, 0) is 15.1 Å². The molecule has 3 N–H and O–H groups in total. The molecule has 1 rings (SSSR count). The van der Waals surface area contributed by atoms with E-state index in [1.54, 1.807) is 0 Å². The number of hydrogen-bond acceptors (Lipinski definition) is 4. The lowest BCUT2D eigenvalue weighted by Crippen LogP contribution is -2.30. The summed E-state index contributed by atoms with van der Waals surface area (Å²) in [5.41, 5.74) is 2.76. The molecule has 0 unspecified atom stereocenters. The zero-order valence-corrected chi connectivity index (χ0v) is 43.5. The maximum atomic E-state index is 13.8. The molecule has 0 atom stereocenters. The smallest absolute Gasteiger partial charge is 0.336 e. The lowest BCUT2D eigenvalue weighted by molar-refractivity contribution is 0.315. The van der Waals surface area contributed by atoms with Crippen LogP contribution in [0.1, 0.15) is 275 Å². The van der Waals surface area contributed by atoms with Crippen LogP contribution in [0.4, 0.5) is 0 Å². The molecule has 7 heteroatoms. The van der Waals surface area contributed by atoms with Crippen LogP contribution < -0.4 is 0 Å². The summed E-state index contributed by atoms with van der Waals surface area (Å²) in [4.78, 5) is 22.6. The van der Waals surface area contributed by atoms with Crippen molar-refractivity contribution in [1.82, 2.24) is 0 Å². The van der Waals surface area contributed by atoms with Crippen LogP contribution in [0.15, 0.2) is 6.07 Å². The third-order valence-electron chi connectivity index (χ3n) is 13.3. The number of thioether (sulfide) groups is 2. The Bertz CT molecular complexity index is 1170. The zero-order chi connectivity index (χ0) is 44.4. The van der Waals surface area contributed by atoms with Crippen molar-refractivity contribution in [3.8, 4) is 5.75 Å². The van der Waals surface area contributed by atoms with Gasteiger partial charge in [0.2, 0.25) is 0 Å². The third-order valence-corrected chi connectivity index (χ3v) is 17.3. The minimum atomic E-state index is -4.56. The zero-order valence-electron chi connectivity index (χ0n) is 41.0. The Morgan fingerprint density at radius 1 is 0.450 bits per heavy atom. The number of benzene rings is 1. The molecule has 1 aromatic carbocycles. The molecular weight excluding hydrogens is 796 g/mol. The molecule has 1 aromatic rings. The van der Waals surface area contributed by atoms with E-state index < -0.39 is 12.8 Å². The molecule has 0 heterocycles. The van der Waals surface area contributed by atoms with Crippen LogP contribution in [0.25, 0.3) is 0 Å². The Kier molecular flexibility index (Phi) is 34.9. The molecule has 0 fully saturated rings. The molecule has 354 valence electrons. The number of phenolic OH excluding ortho intramolecular Hbond substituents is 1. The van der Waals surface area contributed by atoms with Gasteiger partial charge in [-0.2, -0.15) is 23.5 Å². The molecule has 0 aromatic heterocycles. The van der Waals surface area contributed by atoms with Gasteiger partial charge in [-0.05, 0) is 90.2 Å². The predicted molar refractivity (Wildman–Crippen MR) is 273 cm³/mol. The van der Waals surface area contributed by atoms with Gasteiger partial charge in [0.25, 0.3) is 0 Å². The van der Waals surface area contributed by atoms with Gasteiger partial charge in [-0.15, -0.1) is 0 Å². The number of phenols is 1. The summed E-state index contributed by atoms with van der Waals surface area (Å²) in [5, 5.41) is 9.94. The largest absolute Gasteiger partial charge is 0.507 e. The second kappa shape index (κ2) is 36.1. The summed E-state index contributed by atoms with van der Waals surface area (Å²) in [7, 11) is -4.56. The predicted octanol–water partition coefficient (Wildman–Crippen LogP) is 18.4. The van der Waals surface area contributed by atoms with Crippen molar-refractivity contribution in [2.75, 3.05) is 23.0 Å². The van der Waals surface area contributed by atoms with E-state index in [2.05, 4.69) is 34.6 Å². The third kappa shape index (κ3) is 26.0. The SMILES string of the molecule is CCCCCCCCCCCCCCCCCCSCCC(CCSCCCCCCCCCCCCCCCCCC)(c1cc(C(C)(C)C)c(O)c(C)c1C)P(=O)(O)O. The number of aromatic hydroxyl groups is 1. The number of hydrogen-bond donors (Lipinski definition) is 3. The first kappa shape index (κ1) is 57.9. The van der Waals surface area contributed by atoms with Crippen molar-refractivity contribution < 1.29 is 19.5 Å². The Balaban J connectivity index is 2.54. The highest BCUT2D eigenvalue weighted by Crippen LogP contribution is 2.63. The van der Waals surface area contributed by atoms with Gasteiger partial charge in [-0.3, -0.25) is 4.57 Å². The average molecular weight is 897 g/mol. The molecule has 0 radical (unpaired) electrons. The van der Waals surface area contributed by atoms with Crippen LogP contribution in [-0.4, -0.2) is 37.9 Å². The van der Waals surface area contributed by atoms with Crippen LogP contribution in [0.3, 0.4) is 0 Å². The second-order valence-corrected chi connectivity index (χ2v) is 24.1. The first-order chi connectivity index (χ1) is 28.8. The maximum Gasteiger partial charge on any atom is 0.336 e. The summed E-state index contributed by atoms with van der Waals surface area (Å²) in [6.45, 7) is 14.7. The Hall–Kier alpha value is -0.130. The Morgan fingerprint density at radius 3 is 1.00 bits per heavy atom. The van der Waals surface area contributed by atoms with Crippen LogP contribution in [0.5, 0.6) is 5.75 Å². The molecule has 0 bridgehead atoms. The first-order valence-corrected chi connectivity index (χ1v) is 29.8. The van der Waals surface area contributed by atoms with Gasteiger partial charge < -0.3 is 14.9 Å². The normalized spacial score (nSPS) is 12.6. The lowest BCUT2D eigenvalue weighted by atomic mass is 9.79. The molecule has 0 amide bonds. The van der Waals surface area contributed by atoms with Gasteiger partial charge in [0.15, 0.2) is 0 Å². The lowest BCUT2D eigenvalue weighted by Gasteiger charge is -2.38. The van der Waals surface area contributed by atoms with E-state index in [1.165, 1.54) is 205 Å². The highest BCUT2D eigenvalue weighted by atomic mass is 32.2. The minimum absolute atomic E-state index is 0.263. The summed E-state index contributed by atoms with van der Waals surface area (Å²) in [6.07, 6.45) is 44.6. The van der Waals surface area contributed by atoms with E-state index in [1.807, 2.05) is 43.4 Å².